The van der Waals surface area contributed by atoms with E-state index in [0.717, 1.165) is 18.2 Å². The van der Waals surface area contributed by atoms with E-state index in [2.05, 4.69) is 25.8 Å². The van der Waals surface area contributed by atoms with Crippen molar-refractivity contribution in [3.05, 3.63) is 71.5 Å². The average Bonchev–Trinajstić information content (AvgIpc) is 3.15. The number of aromatic nitrogens is 2. The summed E-state index contributed by atoms with van der Waals surface area (Å²) >= 11 is 0. The molecule has 1 aliphatic rings. The van der Waals surface area contributed by atoms with Crippen LogP contribution in [0.4, 0.5) is 19.0 Å². The van der Waals surface area contributed by atoms with Gasteiger partial charge < -0.3 is 15.4 Å². The lowest BCUT2D eigenvalue weighted by Gasteiger charge is -2.28. The Morgan fingerprint density at radius 1 is 1.07 bits per heavy atom. The molecule has 10 heteroatoms. The summed E-state index contributed by atoms with van der Waals surface area (Å²) in [6.07, 6.45) is 0. The summed E-state index contributed by atoms with van der Waals surface area (Å²) < 4.78 is 44.7. The van der Waals surface area contributed by atoms with E-state index in [0.29, 0.717) is 30.3 Å². The van der Waals surface area contributed by atoms with Crippen LogP contribution in [0.15, 0.2) is 53.5 Å². The van der Waals surface area contributed by atoms with Gasteiger partial charge in [-0.25, -0.2) is 13.2 Å². The first-order chi connectivity index (χ1) is 14.5. The smallest absolute Gasteiger partial charge is 0.280 e. The molecule has 1 fully saturated rings. The zero-order valence-corrected chi connectivity index (χ0v) is 15.5. The second-order valence-electron chi connectivity index (χ2n) is 6.57. The number of amides is 1. The first-order valence-electron chi connectivity index (χ1n) is 8.98. The van der Waals surface area contributed by atoms with Gasteiger partial charge in [0, 0.05) is 17.2 Å². The lowest BCUT2D eigenvalue weighted by molar-refractivity contribution is 0.00320. The lowest BCUT2D eigenvalue weighted by Crippen LogP contribution is -2.50. The third-order valence-electron chi connectivity index (χ3n) is 4.33. The van der Waals surface area contributed by atoms with Gasteiger partial charge in [0.15, 0.2) is 11.6 Å². The Bertz CT molecular complexity index is 1090. The Balaban J connectivity index is 1.55. The highest BCUT2D eigenvalue weighted by atomic mass is 19.2. The molecule has 4 rings (SSSR count). The Morgan fingerprint density at radius 2 is 1.83 bits per heavy atom. The normalized spacial score (nSPS) is 14.3. The predicted molar refractivity (Wildman–Crippen MR) is 103 cm³/mol. The van der Waals surface area contributed by atoms with Crippen LogP contribution in [0.5, 0.6) is 0 Å². The van der Waals surface area contributed by atoms with Gasteiger partial charge in [-0.05, 0) is 42.5 Å². The minimum atomic E-state index is -1.14. The van der Waals surface area contributed by atoms with Crippen molar-refractivity contribution < 1.29 is 22.7 Å². The van der Waals surface area contributed by atoms with E-state index in [9.17, 15) is 18.0 Å². The van der Waals surface area contributed by atoms with Crippen LogP contribution in [0, 0.1) is 17.5 Å². The van der Waals surface area contributed by atoms with Gasteiger partial charge in [0.2, 0.25) is 5.96 Å². The highest BCUT2D eigenvalue weighted by Crippen LogP contribution is 2.20. The second-order valence-corrected chi connectivity index (χ2v) is 6.57. The molecular weight excluding hydrogens is 399 g/mol. The van der Waals surface area contributed by atoms with Crippen LogP contribution in [0.25, 0.3) is 11.3 Å². The van der Waals surface area contributed by atoms with Crippen LogP contribution >= 0.6 is 0 Å². The number of H-pyrrole nitrogens is 1. The van der Waals surface area contributed by atoms with Crippen LogP contribution in [0.3, 0.4) is 0 Å². The van der Waals surface area contributed by atoms with Gasteiger partial charge in [-0.1, -0.05) is 0 Å². The molecule has 3 aromatic rings. The summed E-state index contributed by atoms with van der Waals surface area (Å²) in [4.78, 5) is 16.3. The number of nitrogens with zero attached hydrogens (tertiary/aromatic N) is 2. The van der Waals surface area contributed by atoms with Crippen LogP contribution < -0.4 is 10.6 Å². The molecule has 30 heavy (non-hydrogen) atoms. The maximum Gasteiger partial charge on any atom is 0.280 e. The third kappa shape index (κ3) is 4.49. The van der Waals surface area contributed by atoms with Crippen molar-refractivity contribution in [3.63, 3.8) is 0 Å². The number of aliphatic imine (C=N–C) groups is 1. The van der Waals surface area contributed by atoms with Gasteiger partial charge in [-0.15, -0.1) is 0 Å². The summed E-state index contributed by atoms with van der Waals surface area (Å²) in [5, 5.41) is 12.8. The van der Waals surface area contributed by atoms with Crippen molar-refractivity contribution in [1.82, 2.24) is 15.5 Å². The number of nitrogens with one attached hydrogen (secondary N) is 3. The standard InChI is InChI=1S/C20H16F3N5O2/c21-13-4-1-11(2-5-13)17-8-18(28-27-17)25-20(24-14-9-30-10-14)26-19(29)12-3-6-15(22)16(23)7-12/h1-8,14H,9-10H2,(H3,24,25,26,27,28,29). The van der Waals surface area contributed by atoms with Crippen molar-refractivity contribution in [2.45, 2.75) is 6.04 Å². The number of guanidine groups is 1. The van der Waals surface area contributed by atoms with Crippen LogP contribution in [0.1, 0.15) is 10.4 Å². The average molecular weight is 415 g/mol. The zero-order chi connectivity index (χ0) is 21.1. The fourth-order valence-electron chi connectivity index (χ4n) is 2.69. The van der Waals surface area contributed by atoms with Gasteiger partial charge in [0.25, 0.3) is 5.91 Å². The molecule has 0 radical (unpaired) electrons. The number of hydrogen-bond acceptors (Lipinski definition) is 3. The maximum absolute atomic E-state index is 13.4. The molecule has 1 amide bonds. The number of ether oxygens (including phenoxy) is 1. The summed E-state index contributed by atoms with van der Waals surface area (Å²) in [5.74, 6) is -2.80. The maximum atomic E-state index is 13.4. The molecule has 3 N–H and O–H groups in total. The van der Waals surface area contributed by atoms with E-state index < -0.39 is 17.5 Å². The minimum Gasteiger partial charge on any atom is -0.377 e. The van der Waals surface area contributed by atoms with Crippen LogP contribution in [0.2, 0.25) is 0 Å². The van der Waals surface area contributed by atoms with Gasteiger partial charge in [0.1, 0.15) is 11.6 Å². The largest absolute Gasteiger partial charge is 0.377 e. The third-order valence-corrected chi connectivity index (χ3v) is 4.33. The predicted octanol–water partition coefficient (Wildman–Crippen LogP) is 3.09. The number of rotatable bonds is 4. The zero-order valence-electron chi connectivity index (χ0n) is 15.5. The molecule has 1 saturated heterocycles. The molecule has 1 aliphatic heterocycles. The molecule has 2 aromatic carbocycles. The fraction of sp³-hybridized carbons (Fsp3) is 0.150. The number of halogens is 3. The van der Waals surface area contributed by atoms with Gasteiger partial charge in [0.05, 0.1) is 24.9 Å². The number of carbonyl (C=O) groups excluding carboxylic acids is 1. The topological polar surface area (TPSA) is 91.4 Å². The molecule has 0 spiro atoms. The molecule has 0 aliphatic carbocycles. The number of benzene rings is 2. The van der Waals surface area contributed by atoms with Crippen molar-refractivity contribution in [1.29, 1.82) is 0 Å². The Kier molecular flexibility index (Phi) is 5.48. The highest BCUT2D eigenvalue weighted by molar-refractivity contribution is 6.06. The van der Waals surface area contributed by atoms with Crippen molar-refractivity contribution in [2.24, 2.45) is 4.99 Å². The lowest BCUT2D eigenvalue weighted by atomic mass is 10.1. The molecule has 0 bridgehead atoms. The van der Waals surface area contributed by atoms with Crippen molar-refractivity contribution in [3.8, 4) is 11.3 Å². The molecule has 0 unspecified atom stereocenters. The number of hydrogen-bond donors (Lipinski definition) is 3. The highest BCUT2D eigenvalue weighted by Gasteiger charge is 2.21. The molecule has 1 aromatic heterocycles. The SMILES string of the molecule is O=C(/N=C(\Nc1cc(-c2ccc(F)cc2)n[nH]1)NC1COC1)c1ccc(F)c(F)c1. The van der Waals surface area contributed by atoms with Crippen LogP contribution in [-0.2, 0) is 4.74 Å². The van der Waals surface area contributed by atoms with E-state index in [1.54, 1.807) is 18.2 Å². The number of aromatic amines is 1. The molecule has 2 heterocycles. The quantitative estimate of drug-likeness (QED) is 0.450. The molecule has 0 atom stereocenters. The monoisotopic (exact) mass is 415 g/mol. The molecule has 0 saturated carbocycles. The van der Waals surface area contributed by atoms with Gasteiger partial charge in [-0.2, -0.15) is 10.1 Å². The Labute approximate surface area is 169 Å². The summed E-state index contributed by atoms with van der Waals surface area (Å²) in [5.41, 5.74) is 1.14. The van der Waals surface area contributed by atoms with E-state index >= 15 is 0 Å². The molecule has 7 nitrogen and oxygen atoms in total. The summed E-state index contributed by atoms with van der Waals surface area (Å²) in [6, 6.07) is 10.2. The first-order valence-corrected chi connectivity index (χ1v) is 8.98. The second kappa shape index (κ2) is 8.37. The summed E-state index contributed by atoms with van der Waals surface area (Å²) in [6.45, 7) is 0.869. The van der Waals surface area contributed by atoms with Crippen molar-refractivity contribution >= 4 is 17.7 Å². The Hall–Kier alpha value is -3.66. The van der Waals surface area contributed by atoms with E-state index in [-0.39, 0.29) is 23.4 Å². The number of carbonyl (C=O) groups is 1. The molecule has 154 valence electrons. The fourth-order valence-corrected chi connectivity index (χ4v) is 2.69. The molecular formula is C20H16F3N5O2. The number of anilines is 1. The van der Waals surface area contributed by atoms with E-state index in [1.807, 2.05) is 0 Å². The van der Waals surface area contributed by atoms with Crippen LogP contribution in [-0.4, -0.2) is 41.3 Å². The summed E-state index contributed by atoms with van der Waals surface area (Å²) in [7, 11) is 0. The van der Waals surface area contributed by atoms with Gasteiger partial charge in [-0.3, -0.25) is 9.89 Å². The van der Waals surface area contributed by atoms with Gasteiger partial charge >= 0.3 is 0 Å². The van der Waals surface area contributed by atoms with E-state index in [4.69, 9.17) is 4.74 Å². The minimum absolute atomic E-state index is 0.0616. The van der Waals surface area contributed by atoms with E-state index in [1.165, 1.54) is 12.1 Å². The Morgan fingerprint density at radius 3 is 2.50 bits per heavy atom. The first kappa shape index (κ1) is 19.6. The van der Waals surface area contributed by atoms with Crippen molar-refractivity contribution in [2.75, 3.05) is 18.5 Å².